The topological polar surface area (TPSA) is 23.5 Å². The minimum absolute atomic E-state index is 0.139. The second kappa shape index (κ2) is 6.18. The van der Waals surface area contributed by atoms with E-state index in [1.165, 1.54) is 6.07 Å². The standard InChI is InChI=1S/C12H17ClFNO/c1-3-10(16)8-15(2)7-9-4-5-11(13)12(14)6-9/h4-6,10,16H,3,7-8H2,1-2H3/t10-/m1/s1. The van der Waals surface area contributed by atoms with Crippen LogP contribution in [0.25, 0.3) is 0 Å². The highest BCUT2D eigenvalue weighted by molar-refractivity contribution is 6.30. The maximum atomic E-state index is 13.2. The molecule has 0 amide bonds. The van der Waals surface area contributed by atoms with E-state index in [1.807, 2.05) is 18.9 Å². The van der Waals surface area contributed by atoms with E-state index in [-0.39, 0.29) is 11.1 Å². The van der Waals surface area contributed by atoms with E-state index in [2.05, 4.69) is 0 Å². The maximum Gasteiger partial charge on any atom is 0.142 e. The quantitative estimate of drug-likeness (QED) is 0.862. The highest BCUT2D eigenvalue weighted by Crippen LogP contribution is 2.16. The highest BCUT2D eigenvalue weighted by Gasteiger charge is 2.07. The van der Waals surface area contributed by atoms with Gasteiger partial charge in [0.1, 0.15) is 5.82 Å². The van der Waals surface area contributed by atoms with Crippen LogP contribution < -0.4 is 0 Å². The predicted molar refractivity (Wildman–Crippen MR) is 64.0 cm³/mol. The van der Waals surface area contributed by atoms with Crippen molar-refractivity contribution in [1.82, 2.24) is 4.90 Å². The molecule has 1 aromatic carbocycles. The summed E-state index contributed by atoms with van der Waals surface area (Å²) in [5.41, 5.74) is 0.854. The summed E-state index contributed by atoms with van der Waals surface area (Å²) < 4.78 is 13.2. The monoisotopic (exact) mass is 245 g/mol. The van der Waals surface area contributed by atoms with Gasteiger partial charge in [-0.05, 0) is 31.2 Å². The van der Waals surface area contributed by atoms with E-state index in [1.54, 1.807) is 12.1 Å². The molecule has 1 rings (SSSR count). The lowest BCUT2D eigenvalue weighted by Crippen LogP contribution is -2.28. The molecule has 16 heavy (non-hydrogen) atoms. The normalized spacial score (nSPS) is 13.1. The number of hydrogen-bond donors (Lipinski definition) is 1. The van der Waals surface area contributed by atoms with Crippen molar-refractivity contribution in [2.75, 3.05) is 13.6 Å². The fourth-order valence-corrected chi connectivity index (χ4v) is 1.62. The molecule has 0 aromatic heterocycles. The first kappa shape index (κ1) is 13.4. The van der Waals surface area contributed by atoms with Crippen molar-refractivity contribution in [3.05, 3.63) is 34.6 Å². The van der Waals surface area contributed by atoms with Crippen molar-refractivity contribution < 1.29 is 9.50 Å². The van der Waals surface area contributed by atoms with Crippen LogP contribution in [0.3, 0.4) is 0 Å². The van der Waals surface area contributed by atoms with Gasteiger partial charge in [-0.3, -0.25) is 4.90 Å². The van der Waals surface area contributed by atoms with Gasteiger partial charge in [0, 0.05) is 13.1 Å². The molecule has 1 atom stereocenters. The van der Waals surface area contributed by atoms with Crippen molar-refractivity contribution in [3.63, 3.8) is 0 Å². The molecule has 2 nitrogen and oxygen atoms in total. The SMILES string of the molecule is CC[C@@H](O)CN(C)Cc1ccc(Cl)c(F)c1. The first-order valence-electron chi connectivity index (χ1n) is 5.33. The lowest BCUT2D eigenvalue weighted by atomic mass is 10.2. The third-order valence-electron chi connectivity index (χ3n) is 2.43. The van der Waals surface area contributed by atoms with E-state index in [0.29, 0.717) is 13.1 Å². The first-order valence-corrected chi connectivity index (χ1v) is 5.71. The van der Waals surface area contributed by atoms with E-state index in [4.69, 9.17) is 11.6 Å². The largest absolute Gasteiger partial charge is 0.392 e. The molecule has 0 aliphatic carbocycles. The minimum Gasteiger partial charge on any atom is -0.392 e. The van der Waals surface area contributed by atoms with Crippen LogP contribution in [0, 0.1) is 5.82 Å². The Morgan fingerprint density at radius 1 is 1.50 bits per heavy atom. The van der Waals surface area contributed by atoms with Crippen LogP contribution in [-0.2, 0) is 6.54 Å². The number of nitrogens with zero attached hydrogens (tertiary/aromatic N) is 1. The van der Waals surface area contributed by atoms with Gasteiger partial charge in [-0.2, -0.15) is 0 Å². The van der Waals surface area contributed by atoms with Crippen molar-refractivity contribution >= 4 is 11.6 Å². The van der Waals surface area contributed by atoms with Gasteiger partial charge in [0.15, 0.2) is 0 Å². The second-order valence-electron chi connectivity index (χ2n) is 4.01. The molecule has 0 radical (unpaired) electrons. The summed E-state index contributed by atoms with van der Waals surface area (Å²) in [6, 6.07) is 4.77. The van der Waals surface area contributed by atoms with Gasteiger partial charge in [-0.25, -0.2) is 4.39 Å². The highest BCUT2D eigenvalue weighted by atomic mass is 35.5. The van der Waals surface area contributed by atoms with Gasteiger partial charge in [0.2, 0.25) is 0 Å². The molecular weight excluding hydrogens is 229 g/mol. The number of rotatable bonds is 5. The zero-order chi connectivity index (χ0) is 12.1. The average Bonchev–Trinajstić information content (AvgIpc) is 2.23. The summed E-state index contributed by atoms with van der Waals surface area (Å²) in [6.07, 6.45) is 0.390. The summed E-state index contributed by atoms with van der Waals surface area (Å²) in [7, 11) is 1.89. The van der Waals surface area contributed by atoms with Gasteiger partial charge in [0.05, 0.1) is 11.1 Å². The van der Waals surface area contributed by atoms with Crippen molar-refractivity contribution in [3.8, 4) is 0 Å². The molecule has 4 heteroatoms. The smallest absolute Gasteiger partial charge is 0.142 e. The lowest BCUT2D eigenvalue weighted by molar-refractivity contribution is 0.119. The van der Waals surface area contributed by atoms with E-state index < -0.39 is 5.82 Å². The van der Waals surface area contributed by atoms with Crippen LogP contribution in [-0.4, -0.2) is 29.7 Å². The van der Waals surface area contributed by atoms with Crippen LogP contribution in [0.4, 0.5) is 4.39 Å². The summed E-state index contributed by atoms with van der Waals surface area (Å²) in [5.74, 6) is -0.399. The first-order chi connectivity index (χ1) is 7.52. The Morgan fingerprint density at radius 2 is 2.19 bits per heavy atom. The van der Waals surface area contributed by atoms with Gasteiger partial charge in [-0.1, -0.05) is 24.6 Å². The summed E-state index contributed by atoms with van der Waals surface area (Å²) in [6.45, 7) is 3.12. The van der Waals surface area contributed by atoms with Crippen molar-refractivity contribution in [2.24, 2.45) is 0 Å². The Bertz CT molecular complexity index is 346. The molecule has 1 N–H and O–H groups in total. The van der Waals surface area contributed by atoms with E-state index in [9.17, 15) is 9.50 Å². The third kappa shape index (κ3) is 4.08. The summed E-state index contributed by atoms with van der Waals surface area (Å²) >= 11 is 5.60. The van der Waals surface area contributed by atoms with E-state index in [0.717, 1.165) is 12.0 Å². The number of halogens is 2. The third-order valence-corrected chi connectivity index (χ3v) is 2.74. The van der Waals surface area contributed by atoms with Crippen LogP contribution in [0.5, 0.6) is 0 Å². The van der Waals surface area contributed by atoms with Crippen LogP contribution in [0.15, 0.2) is 18.2 Å². The molecule has 0 saturated carbocycles. The number of hydrogen-bond acceptors (Lipinski definition) is 2. The van der Waals surface area contributed by atoms with Crippen molar-refractivity contribution in [1.29, 1.82) is 0 Å². The van der Waals surface area contributed by atoms with E-state index >= 15 is 0 Å². The zero-order valence-electron chi connectivity index (χ0n) is 9.58. The fourth-order valence-electron chi connectivity index (χ4n) is 1.50. The molecule has 0 heterocycles. The number of likely N-dealkylation sites (N-methyl/N-ethyl adjacent to an activating group) is 1. The molecule has 1 aromatic rings. The van der Waals surface area contributed by atoms with Gasteiger partial charge in [-0.15, -0.1) is 0 Å². The molecule has 0 unspecified atom stereocenters. The second-order valence-corrected chi connectivity index (χ2v) is 4.41. The van der Waals surface area contributed by atoms with Crippen LogP contribution in [0.1, 0.15) is 18.9 Å². The fraction of sp³-hybridized carbons (Fsp3) is 0.500. The van der Waals surface area contributed by atoms with Gasteiger partial charge in [0.25, 0.3) is 0 Å². The predicted octanol–water partition coefficient (Wildman–Crippen LogP) is 2.68. The molecule has 0 spiro atoms. The molecular formula is C12H17ClFNO. The van der Waals surface area contributed by atoms with Crippen LogP contribution in [0.2, 0.25) is 5.02 Å². The Balaban J connectivity index is 2.56. The summed E-state index contributed by atoms with van der Waals surface area (Å²) in [4.78, 5) is 1.96. The number of aliphatic hydroxyl groups excluding tert-OH is 1. The Hall–Kier alpha value is -0.640. The molecule has 90 valence electrons. The molecule has 0 aliphatic heterocycles. The molecule has 0 fully saturated rings. The van der Waals surface area contributed by atoms with Crippen LogP contribution >= 0.6 is 11.6 Å². The zero-order valence-corrected chi connectivity index (χ0v) is 10.3. The molecule has 0 bridgehead atoms. The Morgan fingerprint density at radius 3 is 2.75 bits per heavy atom. The Labute approximate surface area is 101 Å². The molecule has 0 aliphatic rings. The number of aliphatic hydroxyl groups is 1. The lowest BCUT2D eigenvalue weighted by Gasteiger charge is -2.19. The number of benzene rings is 1. The summed E-state index contributed by atoms with van der Waals surface area (Å²) in [5, 5.41) is 9.61. The van der Waals surface area contributed by atoms with Gasteiger partial charge < -0.3 is 5.11 Å². The maximum absolute atomic E-state index is 13.2. The van der Waals surface area contributed by atoms with Gasteiger partial charge >= 0.3 is 0 Å². The molecule has 0 saturated heterocycles. The van der Waals surface area contributed by atoms with Crippen molar-refractivity contribution in [2.45, 2.75) is 26.0 Å². The Kier molecular flexibility index (Phi) is 5.19. The average molecular weight is 246 g/mol. The minimum atomic E-state index is -0.399.